The molecule has 0 heterocycles. The summed E-state index contributed by atoms with van der Waals surface area (Å²) in [7, 11) is 0. The van der Waals surface area contributed by atoms with Crippen LogP contribution in [-0.2, 0) is 4.79 Å². The lowest BCUT2D eigenvalue weighted by Crippen LogP contribution is -2.41. The number of carbonyl (C=O) groups is 2. The minimum Gasteiger partial charge on any atom is -0.480 e. The lowest BCUT2D eigenvalue weighted by Gasteiger charge is -2.13. The number of nitrogens with one attached hydrogen (secondary N) is 1. The van der Waals surface area contributed by atoms with Gasteiger partial charge in [0.2, 0.25) is 0 Å². The molecule has 1 aromatic rings. The van der Waals surface area contributed by atoms with Crippen molar-refractivity contribution in [2.75, 3.05) is 5.75 Å². The highest BCUT2D eigenvalue weighted by Crippen LogP contribution is 2.04. The fraction of sp³-hybridized carbons (Fsp3) is 0.273. The van der Waals surface area contributed by atoms with Crippen molar-refractivity contribution in [3.63, 3.8) is 0 Å². The van der Waals surface area contributed by atoms with Gasteiger partial charge in [0.15, 0.2) is 0 Å². The van der Waals surface area contributed by atoms with Gasteiger partial charge in [0.25, 0.3) is 5.91 Å². The molecular weight excluding hydrogens is 245 g/mol. The summed E-state index contributed by atoms with van der Waals surface area (Å²) in [6.45, 7) is 0. The Balaban J connectivity index is 2.70. The highest BCUT2D eigenvalue weighted by molar-refractivity contribution is 7.80. The molecule has 1 aromatic carbocycles. The van der Waals surface area contributed by atoms with E-state index in [9.17, 15) is 14.0 Å². The second-order valence-corrected chi connectivity index (χ2v) is 3.83. The summed E-state index contributed by atoms with van der Waals surface area (Å²) < 4.78 is 12.6. The van der Waals surface area contributed by atoms with Crippen LogP contribution in [0.3, 0.4) is 0 Å². The Hall–Kier alpha value is -1.56. The monoisotopic (exact) mass is 257 g/mol. The molecule has 17 heavy (non-hydrogen) atoms. The lowest BCUT2D eigenvalue weighted by atomic mass is 10.1. The van der Waals surface area contributed by atoms with Gasteiger partial charge in [-0.2, -0.15) is 12.6 Å². The SMILES string of the molecule is O=C(NC(CCS)C(=O)O)c1ccc(F)cc1. The fourth-order valence-corrected chi connectivity index (χ4v) is 1.49. The van der Waals surface area contributed by atoms with Gasteiger partial charge in [0, 0.05) is 5.56 Å². The van der Waals surface area contributed by atoms with Gasteiger partial charge >= 0.3 is 5.97 Å². The lowest BCUT2D eigenvalue weighted by molar-refractivity contribution is -0.139. The highest BCUT2D eigenvalue weighted by Gasteiger charge is 2.19. The Labute approximate surface area is 103 Å². The van der Waals surface area contributed by atoms with Gasteiger partial charge in [0.05, 0.1) is 0 Å². The average molecular weight is 257 g/mol. The van der Waals surface area contributed by atoms with Crippen molar-refractivity contribution in [3.05, 3.63) is 35.6 Å². The number of benzene rings is 1. The molecule has 4 nitrogen and oxygen atoms in total. The van der Waals surface area contributed by atoms with Gasteiger partial charge in [-0.1, -0.05) is 0 Å². The second-order valence-electron chi connectivity index (χ2n) is 3.38. The molecular formula is C11H12FNO3S. The minimum absolute atomic E-state index is 0.219. The Morgan fingerprint density at radius 3 is 2.41 bits per heavy atom. The second kappa shape index (κ2) is 6.24. The summed E-state index contributed by atoms with van der Waals surface area (Å²) >= 11 is 3.91. The topological polar surface area (TPSA) is 66.4 Å². The van der Waals surface area contributed by atoms with Crippen molar-refractivity contribution in [2.45, 2.75) is 12.5 Å². The van der Waals surface area contributed by atoms with Crippen LogP contribution in [0.25, 0.3) is 0 Å². The van der Waals surface area contributed by atoms with Crippen LogP contribution in [0.1, 0.15) is 16.8 Å². The molecule has 0 aliphatic carbocycles. The average Bonchev–Trinajstić information content (AvgIpc) is 2.29. The van der Waals surface area contributed by atoms with Crippen molar-refractivity contribution >= 4 is 24.5 Å². The van der Waals surface area contributed by atoms with Crippen LogP contribution in [0.5, 0.6) is 0 Å². The molecule has 0 spiro atoms. The summed E-state index contributed by atoms with van der Waals surface area (Å²) in [5, 5.41) is 11.2. The summed E-state index contributed by atoms with van der Waals surface area (Å²) in [5.74, 6) is -1.76. The molecule has 6 heteroatoms. The first-order valence-corrected chi connectivity index (χ1v) is 5.58. The molecule has 0 aromatic heterocycles. The quantitative estimate of drug-likeness (QED) is 0.697. The zero-order chi connectivity index (χ0) is 12.8. The highest BCUT2D eigenvalue weighted by atomic mass is 32.1. The van der Waals surface area contributed by atoms with E-state index in [1.807, 2.05) is 0 Å². The number of hydrogen-bond donors (Lipinski definition) is 3. The Bertz CT molecular complexity index is 408. The van der Waals surface area contributed by atoms with Crippen molar-refractivity contribution in [2.24, 2.45) is 0 Å². The van der Waals surface area contributed by atoms with Crippen molar-refractivity contribution in [1.29, 1.82) is 0 Å². The van der Waals surface area contributed by atoms with Crippen LogP contribution in [-0.4, -0.2) is 28.8 Å². The van der Waals surface area contributed by atoms with Crippen LogP contribution < -0.4 is 5.32 Å². The number of rotatable bonds is 5. The third kappa shape index (κ3) is 4.07. The smallest absolute Gasteiger partial charge is 0.326 e. The van der Waals surface area contributed by atoms with E-state index >= 15 is 0 Å². The maximum Gasteiger partial charge on any atom is 0.326 e. The van der Waals surface area contributed by atoms with E-state index in [0.29, 0.717) is 5.75 Å². The normalized spacial score (nSPS) is 11.9. The van der Waals surface area contributed by atoms with Crippen molar-refractivity contribution in [1.82, 2.24) is 5.32 Å². The summed E-state index contributed by atoms with van der Waals surface area (Å²) in [6.07, 6.45) is 0.228. The van der Waals surface area contributed by atoms with Crippen LogP contribution in [0, 0.1) is 5.82 Å². The zero-order valence-electron chi connectivity index (χ0n) is 8.89. The largest absolute Gasteiger partial charge is 0.480 e. The number of aliphatic carboxylic acids is 1. The van der Waals surface area contributed by atoms with Crippen molar-refractivity contribution < 1.29 is 19.1 Å². The standard InChI is InChI=1S/C11H12FNO3S/c12-8-3-1-7(2-4-8)10(14)13-9(5-6-17)11(15)16/h1-4,9,17H,5-6H2,(H,13,14)(H,15,16). The number of carboxylic acid groups (broad SMARTS) is 1. The summed E-state index contributed by atoms with van der Waals surface area (Å²) in [6, 6.07) is 3.89. The number of hydrogen-bond acceptors (Lipinski definition) is 3. The third-order valence-corrected chi connectivity index (χ3v) is 2.39. The number of carbonyl (C=O) groups excluding carboxylic acids is 1. The van der Waals surface area contributed by atoms with E-state index in [0.717, 1.165) is 12.1 Å². The van der Waals surface area contributed by atoms with E-state index in [1.54, 1.807) is 0 Å². The predicted molar refractivity (Wildman–Crippen MR) is 63.8 cm³/mol. The first kappa shape index (κ1) is 13.5. The van der Waals surface area contributed by atoms with Crippen LogP contribution in [0.4, 0.5) is 4.39 Å². The van der Waals surface area contributed by atoms with Crippen molar-refractivity contribution in [3.8, 4) is 0 Å². The van der Waals surface area contributed by atoms with Crippen LogP contribution >= 0.6 is 12.6 Å². The summed E-state index contributed by atoms with van der Waals surface area (Å²) in [4.78, 5) is 22.4. The van der Waals surface area contributed by atoms with E-state index in [2.05, 4.69) is 17.9 Å². The van der Waals surface area contributed by atoms with Gasteiger partial charge in [-0.3, -0.25) is 4.79 Å². The summed E-state index contributed by atoms with van der Waals surface area (Å²) in [5.41, 5.74) is 0.219. The molecule has 92 valence electrons. The number of halogens is 1. The van der Waals surface area contributed by atoms with Gasteiger partial charge in [0.1, 0.15) is 11.9 Å². The Morgan fingerprint density at radius 2 is 1.94 bits per heavy atom. The Morgan fingerprint density at radius 1 is 1.35 bits per heavy atom. The van der Waals surface area contributed by atoms with Gasteiger partial charge in [-0.15, -0.1) is 0 Å². The molecule has 0 saturated heterocycles. The number of thiol groups is 1. The van der Waals surface area contributed by atoms with Crippen LogP contribution in [0.2, 0.25) is 0 Å². The van der Waals surface area contributed by atoms with Gasteiger partial charge in [-0.05, 0) is 36.4 Å². The number of carboxylic acids is 1. The maximum absolute atomic E-state index is 12.6. The van der Waals surface area contributed by atoms with E-state index in [1.165, 1.54) is 12.1 Å². The molecule has 0 aliphatic heterocycles. The molecule has 0 fully saturated rings. The molecule has 1 rings (SSSR count). The van der Waals surface area contributed by atoms with E-state index in [4.69, 9.17) is 5.11 Å². The minimum atomic E-state index is -1.12. The molecule has 0 radical (unpaired) electrons. The fourth-order valence-electron chi connectivity index (χ4n) is 1.23. The molecule has 1 atom stereocenters. The van der Waals surface area contributed by atoms with E-state index < -0.39 is 23.7 Å². The molecule has 1 unspecified atom stereocenters. The first-order chi connectivity index (χ1) is 8.04. The van der Waals surface area contributed by atoms with E-state index in [-0.39, 0.29) is 12.0 Å². The maximum atomic E-state index is 12.6. The molecule has 2 N–H and O–H groups in total. The number of amides is 1. The van der Waals surface area contributed by atoms with Gasteiger partial charge < -0.3 is 10.4 Å². The predicted octanol–water partition coefficient (Wildman–Crippen LogP) is 1.33. The molecule has 0 bridgehead atoms. The van der Waals surface area contributed by atoms with Crippen LogP contribution in [0.15, 0.2) is 24.3 Å². The molecule has 0 saturated carbocycles. The molecule has 1 amide bonds. The molecule has 0 aliphatic rings. The third-order valence-electron chi connectivity index (χ3n) is 2.13. The first-order valence-electron chi connectivity index (χ1n) is 4.94. The van der Waals surface area contributed by atoms with Gasteiger partial charge in [-0.25, -0.2) is 9.18 Å². The zero-order valence-corrected chi connectivity index (χ0v) is 9.78. The Kier molecular flexibility index (Phi) is 4.96.